The highest BCUT2D eigenvalue weighted by Crippen LogP contribution is 2.44. The van der Waals surface area contributed by atoms with Gasteiger partial charge in [0.2, 0.25) is 5.91 Å². The van der Waals surface area contributed by atoms with Crippen molar-refractivity contribution in [1.29, 1.82) is 0 Å². The smallest absolute Gasteiger partial charge is 0.308 e. The van der Waals surface area contributed by atoms with Crippen LogP contribution in [0, 0.1) is 11.3 Å². The zero-order valence-electron chi connectivity index (χ0n) is 22.8. The van der Waals surface area contributed by atoms with Crippen LogP contribution < -0.4 is 10.5 Å². The Balaban J connectivity index is 1.90. The second kappa shape index (κ2) is 12.9. The third kappa shape index (κ3) is 7.00. The van der Waals surface area contributed by atoms with E-state index < -0.39 is 11.9 Å². The van der Waals surface area contributed by atoms with Crippen LogP contribution in [0.3, 0.4) is 0 Å². The SMILES string of the molecule is CCCCN(CCCN)C(=O)CN1C[C@H](c2ccc3c(c2)CCO3)C(C(=O)O)[C@@H]1CC(C)(C)CCC. The summed E-state index contributed by atoms with van der Waals surface area (Å²) in [6.45, 7) is 12.2. The summed E-state index contributed by atoms with van der Waals surface area (Å²) in [7, 11) is 0. The van der Waals surface area contributed by atoms with Gasteiger partial charge < -0.3 is 20.5 Å². The van der Waals surface area contributed by atoms with Crippen molar-refractivity contribution in [2.24, 2.45) is 17.1 Å². The summed E-state index contributed by atoms with van der Waals surface area (Å²) in [5.41, 5.74) is 7.94. The van der Waals surface area contributed by atoms with Crippen molar-refractivity contribution in [3.63, 3.8) is 0 Å². The van der Waals surface area contributed by atoms with E-state index >= 15 is 0 Å². The number of fused-ring (bicyclic) bond motifs is 1. The van der Waals surface area contributed by atoms with Gasteiger partial charge in [-0.3, -0.25) is 14.5 Å². The molecule has 1 aromatic carbocycles. The van der Waals surface area contributed by atoms with Gasteiger partial charge in [-0.15, -0.1) is 0 Å². The molecule has 0 aromatic heterocycles. The normalized spacial score (nSPS) is 21.9. The number of hydrogen-bond donors (Lipinski definition) is 2. The van der Waals surface area contributed by atoms with Crippen molar-refractivity contribution < 1.29 is 19.4 Å². The van der Waals surface area contributed by atoms with Crippen LogP contribution in [0.15, 0.2) is 18.2 Å². The zero-order valence-corrected chi connectivity index (χ0v) is 22.8. The third-order valence-corrected chi connectivity index (χ3v) is 7.97. The van der Waals surface area contributed by atoms with Crippen LogP contribution in [0.4, 0.5) is 0 Å². The molecule has 1 amide bonds. The summed E-state index contributed by atoms with van der Waals surface area (Å²) in [6.07, 6.45) is 6.45. The number of nitrogens with two attached hydrogens (primary N) is 1. The molecule has 0 saturated carbocycles. The van der Waals surface area contributed by atoms with Crippen molar-refractivity contribution in [2.75, 3.05) is 39.3 Å². The molecule has 36 heavy (non-hydrogen) atoms. The number of ether oxygens (including phenoxy) is 1. The van der Waals surface area contributed by atoms with Crippen LogP contribution in [0.1, 0.15) is 83.3 Å². The fourth-order valence-electron chi connectivity index (χ4n) is 6.13. The van der Waals surface area contributed by atoms with Gasteiger partial charge in [-0.2, -0.15) is 0 Å². The average molecular weight is 502 g/mol. The molecule has 7 heteroatoms. The van der Waals surface area contributed by atoms with Crippen molar-refractivity contribution in [2.45, 2.75) is 84.6 Å². The second-order valence-corrected chi connectivity index (χ2v) is 11.4. The van der Waals surface area contributed by atoms with Crippen LogP contribution in [-0.4, -0.2) is 72.2 Å². The fraction of sp³-hybridized carbons (Fsp3) is 0.724. The summed E-state index contributed by atoms with van der Waals surface area (Å²) in [5, 5.41) is 10.5. The second-order valence-electron chi connectivity index (χ2n) is 11.4. The Hall–Kier alpha value is -2.12. The first kappa shape index (κ1) is 28.5. The highest BCUT2D eigenvalue weighted by atomic mass is 16.5. The molecule has 1 saturated heterocycles. The van der Waals surface area contributed by atoms with Crippen LogP contribution in [0.5, 0.6) is 5.75 Å². The number of amides is 1. The largest absolute Gasteiger partial charge is 0.493 e. The Morgan fingerprint density at radius 3 is 2.61 bits per heavy atom. The maximum absolute atomic E-state index is 13.5. The summed E-state index contributed by atoms with van der Waals surface area (Å²) in [5.74, 6) is -0.487. The van der Waals surface area contributed by atoms with Crippen molar-refractivity contribution in [3.8, 4) is 5.75 Å². The Labute approximate surface area is 217 Å². The van der Waals surface area contributed by atoms with Crippen molar-refractivity contribution in [3.05, 3.63) is 29.3 Å². The van der Waals surface area contributed by atoms with E-state index in [0.717, 1.165) is 68.4 Å². The molecule has 0 aliphatic carbocycles. The fourth-order valence-corrected chi connectivity index (χ4v) is 6.13. The minimum Gasteiger partial charge on any atom is -0.493 e. The molecule has 2 aliphatic heterocycles. The highest BCUT2D eigenvalue weighted by molar-refractivity contribution is 5.79. The Bertz CT molecular complexity index is 879. The molecule has 3 atom stereocenters. The van der Waals surface area contributed by atoms with Crippen LogP contribution in [0.25, 0.3) is 0 Å². The van der Waals surface area contributed by atoms with Crippen molar-refractivity contribution in [1.82, 2.24) is 9.80 Å². The standard InChI is InChI=1S/C29H47N3O4/c1-5-7-14-31(15-8-13-30)26(33)20-32-19-23(21-9-10-25-22(17-21)11-16-36-25)27(28(34)35)24(32)18-29(3,4)12-6-2/h9-10,17,23-24,27H,5-8,11-16,18-20,30H2,1-4H3,(H,34,35)/t23-,24+,27?/m1/s1. The lowest BCUT2D eigenvalue weighted by molar-refractivity contribution is -0.144. The lowest BCUT2D eigenvalue weighted by Gasteiger charge is -2.35. The molecule has 0 radical (unpaired) electrons. The predicted octanol–water partition coefficient (Wildman–Crippen LogP) is 4.28. The quantitative estimate of drug-likeness (QED) is 0.395. The molecule has 3 N–H and O–H groups in total. The molecule has 2 aliphatic rings. The van der Waals surface area contributed by atoms with Gasteiger partial charge in [0.1, 0.15) is 5.75 Å². The first-order valence-corrected chi connectivity index (χ1v) is 13.9. The van der Waals surface area contributed by atoms with E-state index in [0.29, 0.717) is 26.2 Å². The number of carbonyl (C=O) groups is 2. The van der Waals surface area contributed by atoms with Gasteiger partial charge in [0.15, 0.2) is 0 Å². The third-order valence-electron chi connectivity index (χ3n) is 7.97. The number of carboxylic acid groups (broad SMARTS) is 1. The van der Waals surface area contributed by atoms with E-state index in [9.17, 15) is 14.7 Å². The number of carbonyl (C=O) groups excluding carboxylic acids is 1. The van der Waals surface area contributed by atoms with Crippen LogP contribution in [0.2, 0.25) is 0 Å². The first-order chi connectivity index (χ1) is 17.2. The Kier molecular flexibility index (Phi) is 10.2. The number of unbranched alkanes of at least 4 members (excludes halogenated alkanes) is 1. The number of rotatable bonds is 14. The molecule has 3 rings (SSSR count). The average Bonchev–Trinajstić information content (AvgIpc) is 3.43. The number of likely N-dealkylation sites (tertiary alicyclic amines) is 1. The molecule has 0 spiro atoms. The van der Waals surface area contributed by atoms with Gasteiger partial charge >= 0.3 is 5.97 Å². The molecule has 202 valence electrons. The number of carboxylic acids is 1. The van der Waals surface area contributed by atoms with Crippen molar-refractivity contribution >= 4 is 11.9 Å². The summed E-state index contributed by atoms with van der Waals surface area (Å²) in [6, 6.07) is 5.96. The molecule has 1 aromatic rings. The molecule has 2 heterocycles. The zero-order chi connectivity index (χ0) is 26.3. The van der Waals surface area contributed by atoms with Crippen LogP contribution in [-0.2, 0) is 16.0 Å². The molecule has 7 nitrogen and oxygen atoms in total. The van der Waals surface area contributed by atoms with E-state index in [4.69, 9.17) is 10.5 Å². The van der Waals surface area contributed by atoms with E-state index in [1.807, 2.05) is 17.0 Å². The number of benzene rings is 1. The summed E-state index contributed by atoms with van der Waals surface area (Å²) in [4.78, 5) is 30.4. The van der Waals surface area contributed by atoms with Gasteiger partial charge in [0, 0.05) is 38.0 Å². The number of nitrogens with zero attached hydrogens (tertiary/aromatic N) is 2. The van der Waals surface area contributed by atoms with E-state index in [-0.39, 0.29) is 29.8 Å². The highest BCUT2D eigenvalue weighted by Gasteiger charge is 2.48. The maximum Gasteiger partial charge on any atom is 0.308 e. The molecular weight excluding hydrogens is 454 g/mol. The van der Waals surface area contributed by atoms with Crippen LogP contribution >= 0.6 is 0 Å². The number of hydrogen-bond acceptors (Lipinski definition) is 5. The minimum absolute atomic E-state index is 0.00345. The molecular formula is C29H47N3O4. The van der Waals surface area contributed by atoms with Gasteiger partial charge in [-0.05, 0) is 54.8 Å². The minimum atomic E-state index is -0.769. The number of aliphatic carboxylic acids is 1. The lowest BCUT2D eigenvalue weighted by atomic mass is 9.76. The summed E-state index contributed by atoms with van der Waals surface area (Å²) < 4.78 is 5.68. The lowest BCUT2D eigenvalue weighted by Crippen LogP contribution is -2.46. The van der Waals surface area contributed by atoms with E-state index in [1.165, 1.54) is 0 Å². The van der Waals surface area contributed by atoms with Gasteiger partial charge in [-0.1, -0.05) is 52.7 Å². The van der Waals surface area contributed by atoms with E-state index in [2.05, 4.69) is 38.7 Å². The molecule has 1 unspecified atom stereocenters. The topological polar surface area (TPSA) is 96.1 Å². The van der Waals surface area contributed by atoms with Gasteiger partial charge in [0.25, 0.3) is 0 Å². The summed E-state index contributed by atoms with van der Waals surface area (Å²) >= 11 is 0. The van der Waals surface area contributed by atoms with Gasteiger partial charge in [0.05, 0.1) is 19.1 Å². The molecule has 1 fully saturated rings. The Morgan fingerprint density at radius 1 is 1.19 bits per heavy atom. The maximum atomic E-state index is 13.5. The first-order valence-electron chi connectivity index (χ1n) is 13.9. The predicted molar refractivity (Wildman–Crippen MR) is 143 cm³/mol. The Morgan fingerprint density at radius 2 is 1.94 bits per heavy atom. The molecule has 0 bridgehead atoms. The monoisotopic (exact) mass is 501 g/mol. The van der Waals surface area contributed by atoms with E-state index in [1.54, 1.807) is 0 Å². The van der Waals surface area contributed by atoms with Gasteiger partial charge in [-0.25, -0.2) is 0 Å².